The SMILES string of the molecule is Cc1ccc2nc(-c3ccccc3)c(NC(=O)C3CCN(C(=O)c4ccco4)CC3)n2c1. The van der Waals surface area contributed by atoms with Crippen LogP contribution in [-0.2, 0) is 4.79 Å². The van der Waals surface area contributed by atoms with Crippen molar-refractivity contribution >= 4 is 23.3 Å². The van der Waals surface area contributed by atoms with Crippen LogP contribution in [0.3, 0.4) is 0 Å². The molecular weight excluding hydrogens is 404 g/mol. The molecule has 1 saturated heterocycles. The first-order valence-corrected chi connectivity index (χ1v) is 10.8. The number of fused-ring (bicyclic) bond motifs is 1. The standard InChI is InChI=1S/C25H24N4O3/c1-17-9-10-21-26-22(18-6-3-2-4-7-18)23(29(21)16-17)27-24(30)19-11-13-28(14-12-19)25(31)20-8-5-15-32-20/h2-10,15-16,19H,11-14H2,1H3,(H,27,30). The van der Waals surface area contributed by atoms with Gasteiger partial charge in [-0.1, -0.05) is 36.4 Å². The maximum atomic E-state index is 13.2. The van der Waals surface area contributed by atoms with E-state index in [1.165, 1.54) is 6.26 Å². The van der Waals surface area contributed by atoms with Crippen molar-refractivity contribution < 1.29 is 14.0 Å². The summed E-state index contributed by atoms with van der Waals surface area (Å²) in [6, 6.07) is 17.2. The maximum absolute atomic E-state index is 13.2. The first kappa shape index (κ1) is 20.1. The van der Waals surface area contributed by atoms with Gasteiger partial charge in [-0.3, -0.25) is 14.0 Å². The molecule has 2 amide bonds. The molecule has 7 heteroatoms. The predicted molar refractivity (Wildman–Crippen MR) is 121 cm³/mol. The molecule has 1 aromatic carbocycles. The molecule has 1 aliphatic heterocycles. The van der Waals surface area contributed by atoms with Crippen LogP contribution in [0.2, 0.25) is 0 Å². The minimum atomic E-state index is -0.172. The number of carbonyl (C=O) groups is 2. The predicted octanol–water partition coefficient (Wildman–Crippen LogP) is 4.39. The van der Waals surface area contributed by atoms with Gasteiger partial charge in [-0.25, -0.2) is 4.98 Å². The number of hydrogen-bond donors (Lipinski definition) is 1. The van der Waals surface area contributed by atoms with E-state index in [1.54, 1.807) is 17.0 Å². The van der Waals surface area contributed by atoms with E-state index in [0.29, 0.717) is 37.5 Å². The van der Waals surface area contributed by atoms with Gasteiger partial charge in [-0.05, 0) is 43.5 Å². The van der Waals surface area contributed by atoms with E-state index >= 15 is 0 Å². The van der Waals surface area contributed by atoms with Crippen LogP contribution in [-0.4, -0.2) is 39.2 Å². The zero-order valence-electron chi connectivity index (χ0n) is 17.8. The summed E-state index contributed by atoms with van der Waals surface area (Å²) in [5.74, 6) is 0.665. The van der Waals surface area contributed by atoms with Gasteiger partial charge < -0.3 is 14.6 Å². The number of pyridine rings is 1. The lowest BCUT2D eigenvalue weighted by atomic mass is 9.95. The van der Waals surface area contributed by atoms with Gasteiger partial charge in [0.25, 0.3) is 5.91 Å². The Balaban J connectivity index is 1.36. The number of likely N-dealkylation sites (tertiary alicyclic amines) is 1. The summed E-state index contributed by atoms with van der Waals surface area (Å²) in [5, 5.41) is 3.14. The number of carbonyl (C=O) groups excluding carboxylic acids is 2. The maximum Gasteiger partial charge on any atom is 0.289 e. The molecule has 0 aliphatic carbocycles. The molecule has 1 N–H and O–H groups in total. The molecule has 1 aliphatic rings. The monoisotopic (exact) mass is 428 g/mol. The molecule has 0 bridgehead atoms. The van der Waals surface area contributed by atoms with Crippen molar-refractivity contribution in [3.63, 3.8) is 0 Å². The van der Waals surface area contributed by atoms with Gasteiger partial charge in [0, 0.05) is 30.8 Å². The molecule has 0 unspecified atom stereocenters. The summed E-state index contributed by atoms with van der Waals surface area (Å²) in [6.07, 6.45) is 4.69. The van der Waals surface area contributed by atoms with Crippen LogP contribution in [0.25, 0.3) is 16.9 Å². The van der Waals surface area contributed by atoms with Crippen LogP contribution in [0.4, 0.5) is 5.82 Å². The summed E-state index contributed by atoms with van der Waals surface area (Å²) in [7, 11) is 0. The van der Waals surface area contributed by atoms with E-state index in [0.717, 1.165) is 22.5 Å². The first-order chi connectivity index (χ1) is 15.6. The minimum Gasteiger partial charge on any atom is -0.459 e. The van der Waals surface area contributed by atoms with Crippen molar-refractivity contribution in [3.8, 4) is 11.3 Å². The number of piperidine rings is 1. The Labute approximate surface area is 185 Å². The Morgan fingerprint density at radius 3 is 2.53 bits per heavy atom. The number of imidazole rings is 1. The highest BCUT2D eigenvalue weighted by atomic mass is 16.3. The highest BCUT2D eigenvalue weighted by Crippen LogP contribution is 2.30. The molecule has 32 heavy (non-hydrogen) atoms. The average Bonchev–Trinajstić information content (AvgIpc) is 3.48. The number of nitrogens with zero attached hydrogens (tertiary/aromatic N) is 3. The second-order valence-corrected chi connectivity index (χ2v) is 8.14. The second-order valence-electron chi connectivity index (χ2n) is 8.14. The lowest BCUT2D eigenvalue weighted by molar-refractivity contribution is -0.121. The lowest BCUT2D eigenvalue weighted by Gasteiger charge is -2.30. The third kappa shape index (κ3) is 3.77. The number of hydrogen-bond acceptors (Lipinski definition) is 4. The molecule has 0 atom stereocenters. The van der Waals surface area contributed by atoms with E-state index in [4.69, 9.17) is 9.40 Å². The van der Waals surface area contributed by atoms with Crippen LogP contribution in [0.15, 0.2) is 71.5 Å². The van der Waals surface area contributed by atoms with E-state index in [2.05, 4.69) is 5.32 Å². The lowest BCUT2D eigenvalue weighted by Crippen LogP contribution is -2.41. The average molecular weight is 428 g/mol. The fraction of sp³-hybridized carbons (Fsp3) is 0.240. The molecule has 1 fully saturated rings. The third-order valence-electron chi connectivity index (χ3n) is 5.94. The highest BCUT2D eigenvalue weighted by Gasteiger charge is 2.30. The molecule has 4 heterocycles. The Hall–Kier alpha value is -3.87. The van der Waals surface area contributed by atoms with E-state index in [9.17, 15) is 9.59 Å². The van der Waals surface area contributed by atoms with Gasteiger partial charge in [0.1, 0.15) is 17.2 Å². The van der Waals surface area contributed by atoms with Gasteiger partial charge in [-0.15, -0.1) is 0 Å². The molecule has 5 rings (SSSR count). The van der Waals surface area contributed by atoms with Gasteiger partial charge in [-0.2, -0.15) is 0 Å². The second kappa shape index (κ2) is 8.34. The largest absolute Gasteiger partial charge is 0.459 e. The summed E-state index contributed by atoms with van der Waals surface area (Å²) >= 11 is 0. The molecule has 0 radical (unpaired) electrons. The zero-order chi connectivity index (χ0) is 22.1. The van der Waals surface area contributed by atoms with Crippen molar-refractivity contribution in [2.45, 2.75) is 19.8 Å². The molecule has 7 nitrogen and oxygen atoms in total. The fourth-order valence-electron chi connectivity index (χ4n) is 4.19. The van der Waals surface area contributed by atoms with Crippen LogP contribution in [0, 0.1) is 12.8 Å². The first-order valence-electron chi connectivity index (χ1n) is 10.8. The number of furan rings is 1. The summed E-state index contributed by atoms with van der Waals surface area (Å²) in [4.78, 5) is 32.2. The van der Waals surface area contributed by atoms with Gasteiger partial charge >= 0.3 is 0 Å². The van der Waals surface area contributed by atoms with Crippen molar-refractivity contribution in [2.24, 2.45) is 5.92 Å². The van der Waals surface area contributed by atoms with Crippen LogP contribution in [0.5, 0.6) is 0 Å². The van der Waals surface area contributed by atoms with Gasteiger partial charge in [0.05, 0.1) is 6.26 Å². The Morgan fingerprint density at radius 1 is 1.03 bits per heavy atom. The van der Waals surface area contributed by atoms with Crippen LogP contribution < -0.4 is 5.32 Å². The zero-order valence-corrected chi connectivity index (χ0v) is 17.8. The summed E-state index contributed by atoms with van der Waals surface area (Å²) in [5.41, 5.74) is 3.55. The number of aromatic nitrogens is 2. The topological polar surface area (TPSA) is 79.8 Å². The Morgan fingerprint density at radius 2 is 1.81 bits per heavy atom. The summed E-state index contributed by atoms with van der Waals surface area (Å²) < 4.78 is 7.15. The third-order valence-corrected chi connectivity index (χ3v) is 5.94. The van der Waals surface area contributed by atoms with E-state index < -0.39 is 0 Å². The number of benzene rings is 1. The van der Waals surface area contributed by atoms with Crippen LogP contribution >= 0.6 is 0 Å². The smallest absolute Gasteiger partial charge is 0.289 e. The Bertz CT molecular complexity index is 1250. The van der Waals surface area contributed by atoms with Gasteiger partial charge in [0.2, 0.25) is 5.91 Å². The van der Waals surface area contributed by atoms with Crippen LogP contribution in [0.1, 0.15) is 29.0 Å². The number of rotatable bonds is 4. The number of aryl methyl sites for hydroxylation is 1. The Kier molecular flexibility index (Phi) is 5.23. The number of anilines is 1. The van der Waals surface area contributed by atoms with Gasteiger partial charge in [0.15, 0.2) is 5.76 Å². The van der Waals surface area contributed by atoms with E-state index in [-0.39, 0.29) is 17.7 Å². The van der Waals surface area contributed by atoms with E-state index in [1.807, 2.05) is 60.0 Å². The number of nitrogens with one attached hydrogen (secondary N) is 1. The quantitative estimate of drug-likeness (QED) is 0.523. The normalized spacial score (nSPS) is 14.6. The van der Waals surface area contributed by atoms with Crippen molar-refractivity contribution in [1.29, 1.82) is 0 Å². The van der Waals surface area contributed by atoms with Crippen molar-refractivity contribution in [1.82, 2.24) is 14.3 Å². The van der Waals surface area contributed by atoms with Crippen molar-refractivity contribution in [2.75, 3.05) is 18.4 Å². The van der Waals surface area contributed by atoms with Crippen molar-refractivity contribution in [3.05, 3.63) is 78.4 Å². The molecule has 162 valence electrons. The molecule has 0 spiro atoms. The number of amides is 2. The molecular formula is C25H24N4O3. The molecule has 0 saturated carbocycles. The molecule has 3 aromatic heterocycles. The minimum absolute atomic E-state index is 0.0458. The summed E-state index contributed by atoms with van der Waals surface area (Å²) in [6.45, 7) is 3.06. The molecule has 4 aromatic rings. The fourth-order valence-corrected chi connectivity index (χ4v) is 4.19. The highest BCUT2D eigenvalue weighted by molar-refractivity contribution is 5.96.